The molecule has 0 bridgehead atoms. The Labute approximate surface area is 70.8 Å². The summed E-state index contributed by atoms with van der Waals surface area (Å²) in [6, 6.07) is 0. The summed E-state index contributed by atoms with van der Waals surface area (Å²) in [6.45, 7) is 1.81. The van der Waals surface area contributed by atoms with Crippen molar-refractivity contribution in [3.8, 4) is 0 Å². The van der Waals surface area contributed by atoms with Crippen LogP contribution in [0, 0.1) is 0 Å². The third kappa shape index (κ3) is 3.75. The average Bonchev–Trinajstić information content (AvgIpc) is 2.03. The number of carboxylic acids is 1. The molecule has 0 rings (SSSR count). The van der Waals surface area contributed by atoms with Gasteiger partial charge in [-0.15, -0.1) is 0 Å². The molecule has 0 saturated heterocycles. The Morgan fingerprint density at radius 3 is 2.42 bits per heavy atom. The minimum Gasteiger partial charge on any atom is -0.478 e. The maximum Gasteiger partial charge on any atom is 0.331 e. The van der Waals surface area contributed by atoms with Crippen LogP contribution < -0.4 is 0 Å². The summed E-state index contributed by atoms with van der Waals surface area (Å²) in [5.74, 6) is -1.60. The van der Waals surface area contributed by atoms with Crippen LogP contribution in [0.4, 0.5) is 0 Å². The molecule has 0 aliphatic heterocycles. The second kappa shape index (κ2) is 5.35. The molecule has 68 valence electrons. The van der Waals surface area contributed by atoms with Crippen molar-refractivity contribution < 1.29 is 19.4 Å². The molecule has 0 aromatic carbocycles. The predicted molar refractivity (Wildman–Crippen MR) is 42.6 cm³/mol. The number of aliphatic carboxylic acids is 1. The van der Waals surface area contributed by atoms with Crippen LogP contribution in [0.2, 0.25) is 0 Å². The van der Waals surface area contributed by atoms with Gasteiger partial charge >= 0.3 is 11.9 Å². The summed E-state index contributed by atoms with van der Waals surface area (Å²) in [5.41, 5.74) is 0.0874. The van der Waals surface area contributed by atoms with Gasteiger partial charge in [-0.05, 0) is 6.42 Å². The Kier molecular flexibility index (Phi) is 4.76. The van der Waals surface area contributed by atoms with E-state index >= 15 is 0 Å². The van der Waals surface area contributed by atoms with Crippen molar-refractivity contribution in [2.24, 2.45) is 0 Å². The number of hydrogen-bond acceptors (Lipinski definition) is 3. The number of hydrogen-bond donors (Lipinski definition) is 1. The van der Waals surface area contributed by atoms with Crippen LogP contribution in [-0.4, -0.2) is 24.2 Å². The van der Waals surface area contributed by atoms with E-state index in [2.05, 4.69) is 4.74 Å². The van der Waals surface area contributed by atoms with Gasteiger partial charge in [0, 0.05) is 5.57 Å². The van der Waals surface area contributed by atoms with Crippen LogP contribution >= 0.6 is 0 Å². The van der Waals surface area contributed by atoms with Gasteiger partial charge in [-0.3, -0.25) is 4.79 Å². The van der Waals surface area contributed by atoms with E-state index in [9.17, 15) is 9.59 Å². The molecule has 0 saturated carbocycles. The summed E-state index contributed by atoms with van der Waals surface area (Å²) < 4.78 is 4.33. The number of allylic oxidation sites excluding steroid dienone is 1. The van der Waals surface area contributed by atoms with Crippen LogP contribution in [-0.2, 0) is 14.3 Å². The second-order valence-corrected chi connectivity index (χ2v) is 2.20. The Hall–Kier alpha value is -1.32. The number of carbonyl (C=O) groups excluding carboxylic acids is 1. The van der Waals surface area contributed by atoms with Crippen LogP contribution in [0.3, 0.4) is 0 Å². The van der Waals surface area contributed by atoms with E-state index in [4.69, 9.17) is 5.11 Å². The summed E-state index contributed by atoms with van der Waals surface area (Å²) >= 11 is 0. The molecule has 0 fully saturated rings. The van der Waals surface area contributed by atoms with E-state index in [0.717, 1.165) is 0 Å². The standard InChI is InChI=1S/C8H12O4/c1-3-4-6(8(10)11)5-7(9)12-2/h4H,3,5H2,1-2H3,(H,10,11)/b6-4+. The predicted octanol–water partition coefficient (Wildman–Crippen LogP) is 0.970. The monoisotopic (exact) mass is 172 g/mol. The SMILES string of the molecule is CC/C=C(\CC(=O)OC)C(=O)O. The molecule has 0 radical (unpaired) electrons. The lowest BCUT2D eigenvalue weighted by molar-refractivity contribution is -0.142. The van der Waals surface area contributed by atoms with Crippen LogP contribution in [0.5, 0.6) is 0 Å². The summed E-state index contributed by atoms with van der Waals surface area (Å²) in [7, 11) is 1.23. The smallest absolute Gasteiger partial charge is 0.331 e. The highest BCUT2D eigenvalue weighted by Crippen LogP contribution is 2.04. The Morgan fingerprint density at radius 2 is 2.08 bits per heavy atom. The normalized spacial score (nSPS) is 11.0. The zero-order valence-electron chi connectivity index (χ0n) is 7.16. The molecule has 0 unspecified atom stereocenters. The molecule has 0 aromatic rings. The average molecular weight is 172 g/mol. The minimum absolute atomic E-state index is 0.0874. The first-order valence-corrected chi connectivity index (χ1v) is 3.61. The summed E-state index contributed by atoms with van der Waals surface area (Å²) in [4.78, 5) is 21.1. The van der Waals surface area contributed by atoms with Gasteiger partial charge in [0.25, 0.3) is 0 Å². The number of methoxy groups -OCH3 is 1. The van der Waals surface area contributed by atoms with E-state index in [1.165, 1.54) is 13.2 Å². The molecular weight excluding hydrogens is 160 g/mol. The third-order valence-electron chi connectivity index (χ3n) is 1.29. The van der Waals surface area contributed by atoms with E-state index < -0.39 is 11.9 Å². The molecule has 0 aromatic heterocycles. The van der Waals surface area contributed by atoms with Crippen molar-refractivity contribution >= 4 is 11.9 Å². The first kappa shape index (κ1) is 10.7. The molecule has 1 N–H and O–H groups in total. The van der Waals surface area contributed by atoms with E-state index in [1.54, 1.807) is 6.92 Å². The van der Waals surface area contributed by atoms with Crippen molar-refractivity contribution in [2.45, 2.75) is 19.8 Å². The van der Waals surface area contributed by atoms with Gasteiger partial charge in [0.15, 0.2) is 0 Å². The fourth-order valence-electron chi connectivity index (χ4n) is 0.709. The van der Waals surface area contributed by atoms with Crippen LogP contribution in [0.15, 0.2) is 11.6 Å². The highest BCUT2D eigenvalue weighted by molar-refractivity contribution is 5.92. The Bertz CT molecular complexity index is 205. The van der Waals surface area contributed by atoms with Crippen molar-refractivity contribution in [1.29, 1.82) is 0 Å². The lowest BCUT2D eigenvalue weighted by Crippen LogP contribution is -2.08. The first-order valence-electron chi connectivity index (χ1n) is 3.61. The van der Waals surface area contributed by atoms with Crippen molar-refractivity contribution in [3.63, 3.8) is 0 Å². The van der Waals surface area contributed by atoms with Gasteiger partial charge in [0.2, 0.25) is 0 Å². The molecule has 0 spiro atoms. The second-order valence-electron chi connectivity index (χ2n) is 2.20. The molecule has 0 heterocycles. The topological polar surface area (TPSA) is 63.6 Å². The molecule has 4 nitrogen and oxygen atoms in total. The summed E-state index contributed by atoms with van der Waals surface area (Å²) in [5, 5.41) is 8.57. The molecule has 12 heavy (non-hydrogen) atoms. The van der Waals surface area contributed by atoms with E-state index in [0.29, 0.717) is 6.42 Å². The summed E-state index contributed by atoms with van der Waals surface area (Å²) in [6.07, 6.45) is 1.93. The van der Waals surface area contributed by atoms with Crippen molar-refractivity contribution in [2.75, 3.05) is 7.11 Å². The molecule has 0 atom stereocenters. The zero-order chi connectivity index (χ0) is 9.56. The number of rotatable bonds is 4. The molecular formula is C8H12O4. The first-order chi connectivity index (χ1) is 5.61. The van der Waals surface area contributed by atoms with Gasteiger partial charge < -0.3 is 9.84 Å². The number of ether oxygens (including phenoxy) is 1. The van der Waals surface area contributed by atoms with E-state index in [-0.39, 0.29) is 12.0 Å². The van der Waals surface area contributed by atoms with Gasteiger partial charge in [-0.25, -0.2) is 4.79 Å². The largest absolute Gasteiger partial charge is 0.478 e. The zero-order valence-corrected chi connectivity index (χ0v) is 7.16. The quantitative estimate of drug-likeness (QED) is 0.507. The molecule has 0 amide bonds. The fourth-order valence-corrected chi connectivity index (χ4v) is 0.709. The van der Waals surface area contributed by atoms with Crippen molar-refractivity contribution in [1.82, 2.24) is 0 Å². The highest BCUT2D eigenvalue weighted by atomic mass is 16.5. The minimum atomic E-state index is -1.07. The number of esters is 1. The number of carboxylic acid groups (broad SMARTS) is 1. The van der Waals surface area contributed by atoms with Crippen LogP contribution in [0.25, 0.3) is 0 Å². The number of carbonyl (C=O) groups is 2. The van der Waals surface area contributed by atoms with Gasteiger partial charge in [0.05, 0.1) is 13.5 Å². The van der Waals surface area contributed by atoms with Crippen LogP contribution in [0.1, 0.15) is 19.8 Å². The molecule has 0 aliphatic rings. The van der Waals surface area contributed by atoms with E-state index in [1.807, 2.05) is 0 Å². The van der Waals surface area contributed by atoms with Gasteiger partial charge in [-0.1, -0.05) is 13.0 Å². The van der Waals surface area contributed by atoms with Crippen molar-refractivity contribution in [3.05, 3.63) is 11.6 Å². The maximum atomic E-state index is 10.7. The van der Waals surface area contributed by atoms with Gasteiger partial charge in [0.1, 0.15) is 0 Å². The third-order valence-corrected chi connectivity index (χ3v) is 1.29. The maximum absolute atomic E-state index is 10.7. The molecule has 4 heteroatoms. The van der Waals surface area contributed by atoms with Gasteiger partial charge in [-0.2, -0.15) is 0 Å². The lowest BCUT2D eigenvalue weighted by Gasteiger charge is -1.99. The lowest BCUT2D eigenvalue weighted by atomic mass is 10.1. The highest BCUT2D eigenvalue weighted by Gasteiger charge is 2.11. The Morgan fingerprint density at radius 1 is 1.50 bits per heavy atom. The molecule has 0 aliphatic carbocycles. The Balaban J connectivity index is 4.24. The fraction of sp³-hybridized carbons (Fsp3) is 0.500.